The molecule has 24 heavy (non-hydrogen) atoms. The number of hydrogen-bond acceptors (Lipinski definition) is 4. The maximum absolute atomic E-state index is 11.1. The van der Waals surface area contributed by atoms with Crippen molar-refractivity contribution in [2.24, 2.45) is 0 Å². The van der Waals surface area contributed by atoms with Gasteiger partial charge in [0.1, 0.15) is 11.5 Å². The van der Waals surface area contributed by atoms with E-state index in [9.17, 15) is 4.79 Å². The van der Waals surface area contributed by atoms with Crippen LogP contribution in [0.4, 0.5) is 0 Å². The lowest BCUT2D eigenvalue weighted by Crippen LogP contribution is -1.93. The van der Waals surface area contributed by atoms with E-state index in [-0.39, 0.29) is 0 Å². The summed E-state index contributed by atoms with van der Waals surface area (Å²) in [7, 11) is 3.27. The maximum Gasteiger partial charge on any atom is 0.151 e. The minimum absolute atomic E-state index is 0.540. The summed E-state index contributed by atoms with van der Waals surface area (Å²) in [6.07, 6.45) is 2.39. The Labute approximate surface area is 140 Å². The zero-order valence-electron chi connectivity index (χ0n) is 13.5. The molecule has 1 heterocycles. The number of carbonyl (C=O) groups is 1. The monoisotopic (exact) mass is 319 g/mol. The van der Waals surface area contributed by atoms with Crippen molar-refractivity contribution < 1.29 is 14.3 Å². The molecule has 0 unspecified atom stereocenters. The van der Waals surface area contributed by atoms with Crippen molar-refractivity contribution in [3.63, 3.8) is 0 Å². The first-order valence-corrected chi connectivity index (χ1v) is 7.49. The SMILES string of the molecule is COc1ccc(-c2cc(C=O)cnc2-c2ccc(OC)cc2)cc1. The number of pyridine rings is 1. The number of rotatable bonds is 5. The van der Waals surface area contributed by atoms with Gasteiger partial charge in [-0.2, -0.15) is 0 Å². The fraction of sp³-hybridized carbons (Fsp3) is 0.100. The van der Waals surface area contributed by atoms with Gasteiger partial charge >= 0.3 is 0 Å². The first-order chi connectivity index (χ1) is 11.7. The number of nitrogens with zero attached hydrogens (tertiary/aromatic N) is 1. The summed E-state index contributed by atoms with van der Waals surface area (Å²) in [5.74, 6) is 1.57. The number of benzene rings is 2. The van der Waals surface area contributed by atoms with Gasteiger partial charge in [-0.05, 0) is 48.0 Å². The second-order valence-corrected chi connectivity index (χ2v) is 5.24. The lowest BCUT2D eigenvalue weighted by atomic mass is 9.98. The number of carbonyl (C=O) groups excluding carboxylic acids is 1. The van der Waals surface area contributed by atoms with Gasteiger partial charge < -0.3 is 9.47 Å². The lowest BCUT2D eigenvalue weighted by Gasteiger charge is -2.11. The molecule has 0 radical (unpaired) electrons. The van der Waals surface area contributed by atoms with Crippen LogP contribution in [0.2, 0.25) is 0 Å². The Balaban J connectivity index is 2.12. The number of hydrogen-bond donors (Lipinski definition) is 0. The minimum atomic E-state index is 0.540. The highest BCUT2D eigenvalue weighted by Crippen LogP contribution is 2.32. The van der Waals surface area contributed by atoms with E-state index in [4.69, 9.17) is 9.47 Å². The molecule has 3 rings (SSSR count). The third-order valence-electron chi connectivity index (χ3n) is 3.81. The zero-order chi connectivity index (χ0) is 16.9. The van der Waals surface area contributed by atoms with Crippen molar-refractivity contribution in [2.45, 2.75) is 0 Å². The van der Waals surface area contributed by atoms with Crippen LogP contribution in [0.5, 0.6) is 11.5 Å². The average molecular weight is 319 g/mol. The van der Waals surface area contributed by atoms with Crippen molar-refractivity contribution in [1.29, 1.82) is 0 Å². The molecule has 0 N–H and O–H groups in total. The first kappa shape index (κ1) is 15.7. The molecule has 120 valence electrons. The van der Waals surface area contributed by atoms with E-state index >= 15 is 0 Å². The normalized spacial score (nSPS) is 10.2. The topological polar surface area (TPSA) is 48.4 Å². The van der Waals surface area contributed by atoms with Crippen molar-refractivity contribution in [3.05, 3.63) is 66.4 Å². The Morgan fingerprint density at radius 3 is 1.88 bits per heavy atom. The Morgan fingerprint density at radius 2 is 1.38 bits per heavy atom. The third kappa shape index (κ3) is 3.13. The van der Waals surface area contributed by atoms with Gasteiger partial charge in [0, 0.05) is 22.9 Å². The molecular weight excluding hydrogens is 302 g/mol. The molecule has 0 aliphatic rings. The number of ether oxygens (including phenoxy) is 2. The second kappa shape index (κ2) is 6.96. The molecule has 0 spiro atoms. The second-order valence-electron chi connectivity index (χ2n) is 5.24. The van der Waals surface area contributed by atoms with Crippen LogP contribution in [-0.4, -0.2) is 25.5 Å². The molecular formula is C20H17NO3. The number of aromatic nitrogens is 1. The fourth-order valence-electron chi connectivity index (χ4n) is 2.51. The fourth-order valence-corrected chi connectivity index (χ4v) is 2.51. The van der Waals surface area contributed by atoms with Crippen LogP contribution in [-0.2, 0) is 0 Å². The van der Waals surface area contributed by atoms with Crippen LogP contribution in [0.3, 0.4) is 0 Å². The highest BCUT2D eigenvalue weighted by molar-refractivity contribution is 5.86. The van der Waals surface area contributed by atoms with E-state index in [0.717, 1.165) is 40.2 Å². The molecule has 1 aromatic heterocycles. The quantitative estimate of drug-likeness (QED) is 0.660. The molecule has 0 aliphatic carbocycles. The lowest BCUT2D eigenvalue weighted by molar-refractivity contribution is 0.112. The van der Waals surface area contributed by atoms with E-state index in [1.165, 1.54) is 0 Å². The van der Waals surface area contributed by atoms with Crippen LogP contribution in [0.25, 0.3) is 22.4 Å². The number of aldehydes is 1. The molecule has 0 atom stereocenters. The molecule has 0 fully saturated rings. The Kier molecular flexibility index (Phi) is 4.57. The Hall–Kier alpha value is -3.14. The Bertz CT molecular complexity index is 840. The van der Waals surface area contributed by atoms with E-state index < -0.39 is 0 Å². The van der Waals surface area contributed by atoms with Gasteiger partial charge in [0.2, 0.25) is 0 Å². The van der Waals surface area contributed by atoms with Crippen LogP contribution in [0.15, 0.2) is 60.8 Å². The minimum Gasteiger partial charge on any atom is -0.497 e. The first-order valence-electron chi connectivity index (χ1n) is 7.49. The van der Waals surface area contributed by atoms with Gasteiger partial charge in [-0.1, -0.05) is 12.1 Å². The predicted molar refractivity (Wildman–Crippen MR) is 93.6 cm³/mol. The summed E-state index contributed by atoms with van der Waals surface area (Å²) < 4.78 is 10.4. The number of methoxy groups -OCH3 is 2. The summed E-state index contributed by atoms with van der Waals surface area (Å²) in [4.78, 5) is 15.6. The molecule has 0 amide bonds. The van der Waals surface area contributed by atoms with Crippen LogP contribution < -0.4 is 9.47 Å². The Morgan fingerprint density at radius 1 is 0.833 bits per heavy atom. The van der Waals surface area contributed by atoms with Crippen molar-refractivity contribution in [1.82, 2.24) is 4.98 Å². The van der Waals surface area contributed by atoms with Crippen molar-refractivity contribution in [2.75, 3.05) is 14.2 Å². The van der Waals surface area contributed by atoms with Crippen molar-refractivity contribution in [3.8, 4) is 33.9 Å². The van der Waals surface area contributed by atoms with E-state index in [1.807, 2.05) is 54.6 Å². The molecule has 4 nitrogen and oxygen atoms in total. The standard InChI is InChI=1S/C20H17NO3/c1-23-17-7-3-15(4-8-17)19-11-14(13-22)12-21-20(19)16-5-9-18(24-2)10-6-16/h3-13H,1-2H3. The van der Waals surface area contributed by atoms with E-state index in [0.29, 0.717) is 5.56 Å². The summed E-state index contributed by atoms with van der Waals surface area (Å²) >= 11 is 0. The molecule has 0 aliphatic heterocycles. The van der Waals surface area contributed by atoms with Crippen molar-refractivity contribution >= 4 is 6.29 Å². The van der Waals surface area contributed by atoms with E-state index in [1.54, 1.807) is 20.4 Å². The van der Waals surface area contributed by atoms with Crippen LogP contribution >= 0.6 is 0 Å². The smallest absolute Gasteiger partial charge is 0.151 e. The van der Waals surface area contributed by atoms with Crippen LogP contribution in [0.1, 0.15) is 10.4 Å². The van der Waals surface area contributed by atoms with Gasteiger partial charge in [0.05, 0.1) is 19.9 Å². The molecule has 0 bridgehead atoms. The maximum atomic E-state index is 11.1. The highest BCUT2D eigenvalue weighted by atomic mass is 16.5. The summed E-state index contributed by atoms with van der Waals surface area (Å²) in [5.41, 5.74) is 4.18. The van der Waals surface area contributed by atoms with Gasteiger partial charge in [0.25, 0.3) is 0 Å². The third-order valence-corrected chi connectivity index (χ3v) is 3.81. The molecule has 0 saturated heterocycles. The van der Waals surface area contributed by atoms with E-state index in [2.05, 4.69) is 4.98 Å². The summed E-state index contributed by atoms with van der Waals surface area (Å²) in [5, 5.41) is 0. The summed E-state index contributed by atoms with van der Waals surface area (Å²) in [6.45, 7) is 0. The largest absolute Gasteiger partial charge is 0.497 e. The average Bonchev–Trinajstić information content (AvgIpc) is 2.67. The highest BCUT2D eigenvalue weighted by Gasteiger charge is 2.11. The van der Waals surface area contributed by atoms with Gasteiger partial charge in [-0.3, -0.25) is 9.78 Å². The predicted octanol–water partition coefficient (Wildman–Crippen LogP) is 4.25. The van der Waals surface area contributed by atoms with Gasteiger partial charge in [-0.25, -0.2) is 0 Å². The van der Waals surface area contributed by atoms with Crippen LogP contribution in [0, 0.1) is 0 Å². The molecule has 4 heteroatoms. The molecule has 0 saturated carbocycles. The molecule has 2 aromatic carbocycles. The summed E-state index contributed by atoms with van der Waals surface area (Å²) in [6, 6.07) is 17.2. The van der Waals surface area contributed by atoms with Gasteiger partial charge in [0.15, 0.2) is 6.29 Å². The van der Waals surface area contributed by atoms with Gasteiger partial charge in [-0.15, -0.1) is 0 Å². The zero-order valence-corrected chi connectivity index (χ0v) is 13.5. The molecule has 3 aromatic rings.